The van der Waals surface area contributed by atoms with Crippen molar-refractivity contribution in [3.8, 4) is 0 Å². The minimum atomic E-state index is -0.245. The van der Waals surface area contributed by atoms with Gasteiger partial charge in [-0.3, -0.25) is 4.79 Å². The highest BCUT2D eigenvalue weighted by molar-refractivity contribution is 5.73. The highest BCUT2D eigenvalue weighted by Gasteiger charge is 1.77. The van der Waals surface area contributed by atoms with E-state index in [0.29, 0.717) is 6.42 Å². The molecule has 0 bridgehead atoms. The molecule has 1 amide bonds. The van der Waals surface area contributed by atoms with Crippen molar-refractivity contribution < 1.29 is 14.4 Å². The smallest absolute Gasteiger partial charge is 0.370 e. The molecule has 0 fully saturated rings. The molecule has 0 heterocycles. The van der Waals surface area contributed by atoms with Gasteiger partial charge in [-0.2, -0.15) is 9.59 Å². The summed E-state index contributed by atoms with van der Waals surface area (Å²) in [6, 6.07) is 0. The van der Waals surface area contributed by atoms with Crippen LogP contribution in [-0.2, 0) is 14.4 Å². The van der Waals surface area contributed by atoms with Crippen LogP contribution < -0.4 is 5.73 Å². The topological polar surface area (TPSA) is 77.2 Å². The minimum absolute atomic E-state index is 0.245. The second-order valence-corrected chi connectivity index (χ2v) is 0.903. The van der Waals surface area contributed by atoms with Crippen LogP contribution in [0.25, 0.3) is 0 Å². The fourth-order valence-electron chi connectivity index (χ4n) is 0. The van der Waals surface area contributed by atoms with Gasteiger partial charge in [0, 0.05) is 6.42 Å². The standard InChI is InChI=1S/C3H7NO.CO2/c1-2-3(4)5;2-1-3/h2H2,1H3,(H2,4,5);. The van der Waals surface area contributed by atoms with Gasteiger partial charge in [-0.25, -0.2) is 0 Å². The van der Waals surface area contributed by atoms with Crippen LogP contribution in [0.1, 0.15) is 13.3 Å². The van der Waals surface area contributed by atoms with Gasteiger partial charge in [-0.15, -0.1) is 0 Å². The molecule has 0 aliphatic rings. The third kappa shape index (κ3) is 99.5. The summed E-state index contributed by atoms with van der Waals surface area (Å²) in [5.74, 6) is -0.245. The summed E-state index contributed by atoms with van der Waals surface area (Å²) in [7, 11) is 0. The monoisotopic (exact) mass is 117 g/mol. The van der Waals surface area contributed by atoms with Gasteiger partial charge in [0.2, 0.25) is 5.91 Å². The summed E-state index contributed by atoms with van der Waals surface area (Å²) >= 11 is 0. The lowest BCUT2D eigenvalue weighted by atomic mass is 10.5. The summed E-state index contributed by atoms with van der Waals surface area (Å²) in [6.45, 7) is 1.72. The number of amides is 1. The normalized spacial score (nSPS) is 5.62. The number of carbonyl (C=O) groups excluding carboxylic acids is 3. The summed E-state index contributed by atoms with van der Waals surface area (Å²) in [4.78, 5) is 25.8. The van der Waals surface area contributed by atoms with Crippen LogP contribution in [-0.4, -0.2) is 12.1 Å². The van der Waals surface area contributed by atoms with E-state index in [2.05, 4.69) is 5.73 Å². The Labute approximate surface area is 46.7 Å². The SMILES string of the molecule is CCC(N)=O.O=C=O. The molecule has 0 spiro atoms. The molecular formula is C4H7NO3. The van der Waals surface area contributed by atoms with E-state index < -0.39 is 0 Å². The maximum Gasteiger partial charge on any atom is 0.373 e. The zero-order valence-corrected chi connectivity index (χ0v) is 4.51. The zero-order valence-electron chi connectivity index (χ0n) is 4.51. The van der Waals surface area contributed by atoms with Crippen LogP contribution in [0.3, 0.4) is 0 Å². The molecule has 46 valence electrons. The third-order valence-electron chi connectivity index (χ3n) is 0.348. The number of carbonyl (C=O) groups is 1. The van der Waals surface area contributed by atoms with Crippen LogP contribution in [0, 0.1) is 0 Å². The van der Waals surface area contributed by atoms with E-state index in [1.54, 1.807) is 6.92 Å². The van der Waals surface area contributed by atoms with Gasteiger partial charge in [0.15, 0.2) is 0 Å². The zero-order chi connectivity index (χ0) is 6.99. The van der Waals surface area contributed by atoms with Crippen molar-refractivity contribution in [1.82, 2.24) is 0 Å². The van der Waals surface area contributed by atoms with Crippen LogP contribution in [0.5, 0.6) is 0 Å². The molecule has 0 aliphatic carbocycles. The average molecular weight is 117 g/mol. The maximum atomic E-state index is 9.59. The Morgan fingerprint density at radius 1 is 1.62 bits per heavy atom. The lowest BCUT2D eigenvalue weighted by Crippen LogP contribution is -2.06. The van der Waals surface area contributed by atoms with Gasteiger partial charge in [0.25, 0.3) is 0 Å². The van der Waals surface area contributed by atoms with E-state index in [9.17, 15) is 4.79 Å². The van der Waals surface area contributed by atoms with Crippen LogP contribution in [0.4, 0.5) is 0 Å². The quantitative estimate of drug-likeness (QED) is 0.493. The van der Waals surface area contributed by atoms with Crippen molar-refractivity contribution in [3.63, 3.8) is 0 Å². The first-order valence-electron chi connectivity index (χ1n) is 1.96. The van der Waals surface area contributed by atoms with Crippen LogP contribution in [0.2, 0.25) is 0 Å². The summed E-state index contributed by atoms with van der Waals surface area (Å²) in [5.41, 5.74) is 4.65. The first kappa shape index (κ1) is 9.97. The molecule has 0 aromatic heterocycles. The molecule has 0 aromatic carbocycles. The van der Waals surface area contributed by atoms with Gasteiger partial charge >= 0.3 is 6.15 Å². The molecule has 0 aromatic rings. The predicted molar refractivity (Wildman–Crippen MR) is 24.5 cm³/mol. The molecule has 4 nitrogen and oxygen atoms in total. The second-order valence-electron chi connectivity index (χ2n) is 0.903. The van der Waals surface area contributed by atoms with Gasteiger partial charge in [-0.05, 0) is 0 Å². The number of nitrogens with two attached hydrogens (primary N) is 1. The van der Waals surface area contributed by atoms with Crippen LogP contribution >= 0.6 is 0 Å². The summed E-state index contributed by atoms with van der Waals surface area (Å²) < 4.78 is 0. The Bertz CT molecular complexity index is 93.5. The second kappa shape index (κ2) is 9.28. The van der Waals surface area contributed by atoms with E-state index in [4.69, 9.17) is 9.59 Å². The molecule has 0 saturated heterocycles. The van der Waals surface area contributed by atoms with Crippen molar-refractivity contribution in [3.05, 3.63) is 0 Å². The van der Waals surface area contributed by atoms with Crippen LogP contribution in [0.15, 0.2) is 0 Å². The van der Waals surface area contributed by atoms with Crippen molar-refractivity contribution >= 4 is 12.1 Å². The Morgan fingerprint density at radius 3 is 1.75 bits per heavy atom. The molecular weight excluding hydrogens is 110 g/mol. The van der Waals surface area contributed by atoms with Gasteiger partial charge in [0.05, 0.1) is 0 Å². The minimum Gasteiger partial charge on any atom is -0.370 e. The summed E-state index contributed by atoms with van der Waals surface area (Å²) in [6.07, 6.45) is 0.694. The van der Waals surface area contributed by atoms with Crippen molar-refractivity contribution in [2.24, 2.45) is 5.73 Å². The lowest BCUT2D eigenvalue weighted by molar-refractivity contribution is -0.191. The number of hydrogen-bond donors (Lipinski definition) is 1. The van der Waals surface area contributed by atoms with Crippen molar-refractivity contribution in [2.75, 3.05) is 0 Å². The number of hydrogen-bond acceptors (Lipinski definition) is 3. The molecule has 0 rings (SSSR count). The van der Waals surface area contributed by atoms with Crippen molar-refractivity contribution in [1.29, 1.82) is 0 Å². The van der Waals surface area contributed by atoms with Gasteiger partial charge < -0.3 is 5.73 Å². The lowest BCUT2D eigenvalue weighted by Gasteiger charge is -1.73. The van der Waals surface area contributed by atoms with Gasteiger partial charge in [-0.1, -0.05) is 6.92 Å². The largest absolute Gasteiger partial charge is 0.373 e. The first-order chi connectivity index (χ1) is 3.68. The molecule has 8 heavy (non-hydrogen) atoms. The molecule has 0 unspecified atom stereocenters. The maximum absolute atomic E-state index is 9.59. The highest BCUT2D eigenvalue weighted by atomic mass is 16.2. The molecule has 4 heteroatoms. The third-order valence-corrected chi connectivity index (χ3v) is 0.348. The Kier molecular flexibility index (Phi) is 11.6. The molecule has 0 atom stereocenters. The molecule has 0 radical (unpaired) electrons. The number of rotatable bonds is 1. The van der Waals surface area contributed by atoms with E-state index in [1.165, 1.54) is 0 Å². The predicted octanol–water partition coefficient (Wildman–Crippen LogP) is -0.702. The van der Waals surface area contributed by atoms with Crippen molar-refractivity contribution in [2.45, 2.75) is 13.3 Å². The average Bonchev–Trinajstić information content (AvgIpc) is 1.69. The fourth-order valence-corrected chi connectivity index (χ4v) is 0. The Morgan fingerprint density at radius 2 is 1.75 bits per heavy atom. The number of primary amides is 1. The Balaban J connectivity index is 0. The highest BCUT2D eigenvalue weighted by Crippen LogP contribution is 1.63. The summed E-state index contributed by atoms with van der Waals surface area (Å²) in [5, 5.41) is 0. The first-order valence-corrected chi connectivity index (χ1v) is 1.96. The van der Waals surface area contributed by atoms with E-state index in [1.807, 2.05) is 0 Å². The fraction of sp³-hybridized carbons (Fsp3) is 0.500. The molecule has 2 N–H and O–H groups in total. The van der Waals surface area contributed by atoms with E-state index >= 15 is 0 Å². The Hall–Kier alpha value is -1.15. The van der Waals surface area contributed by atoms with E-state index in [0.717, 1.165) is 0 Å². The van der Waals surface area contributed by atoms with E-state index in [-0.39, 0.29) is 12.1 Å². The van der Waals surface area contributed by atoms with Gasteiger partial charge in [0.1, 0.15) is 0 Å². The molecule has 0 saturated carbocycles. The molecule has 0 aliphatic heterocycles.